The lowest BCUT2D eigenvalue weighted by Crippen LogP contribution is -2.25. The molecule has 1 unspecified atom stereocenters. The Bertz CT molecular complexity index is 555. The SMILES string of the molecule is NC(Cc1ccc(O)cc1)Cc1ccc(Cl)cc1Cl. The number of phenolic OH excluding ortho intramolecular Hbond substituents is 1. The second-order valence-electron chi connectivity index (χ2n) is 4.57. The zero-order valence-corrected chi connectivity index (χ0v) is 11.8. The van der Waals surface area contributed by atoms with Crippen molar-refractivity contribution in [2.24, 2.45) is 5.73 Å². The third-order valence-corrected chi connectivity index (χ3v) is 3.52. The topological polar surface area (TPSA) is 46.2 Å². The summed E-state index contributed by atoms with van der Waals surface area (Å²) in [7, 11) is 0. The minimum Gasteiger partial charge on any atom is -0.508 e. The van der Waals surface area contributed by atoms with Gasteiger partial charge in [0.2, 0.25) is 0 Å². The molecule has 2 rings (SSSR count). The van der Waals surface area contributed by atoms with Crippen molar-refractivity contribution >= 4 is 23.2 Å². The van der Waals surface area contributed by atoms with Gasteiger partial charge in [-0.25, -0.2) is 0 Å². The van der Waals surface area contributed by atoms with Crippen LogP contribution in [0.3, 0.4) is 0 Å². The summed E-state index contributed by atoms with van der Waals surface area (Å²) in [5.74, 6) is 0.262. The molecule has 2 nitrogen and oxygen atoms in total. The van der Waals surface area contributed by atoms with Crippen molar-refractivity contribution in [2.45, 2.75) is 18.9 Å². The maximum atomic E-state index is 9.23. The van der Waals surface area contributed by atoms with E-state index < -0.39 is 0 Å². The summed E-state index contributed by atoms with van der Waals surface area (Å²) < 4.78 is 0. The van der Waals surface area contributed by atoms with Crippen LogP contribution in [0.2, 0.25) is 10.0 Å². The molecule has 0 fully saturated rings. The largest absolute Gasteiger partial charge is 0.508 e. The Morgan fingerprint density at radius 3 is 2.32 bits per heavy atom. The van der Waals surface area contributed by atoms with Crippen molar-refractivity contribution in [1.29, 1.82) is 0 Å². The van der Waals surface area contributed by atoms with Gasteiger partial charge in [-0.2, -0.15) is 0 Å². The Morgan fingerprint density at radius 2 is 1.68 bits per heavy atom. The number of rotatable bonds is 4. The van der Waals surface area contributed by atoms with E-state index in [0.29, 0.717) is 16.5 Å². The maximum Gasteiger partial charge on any atom is 0.115 e. The van der Waals surface area contributed by atoms with Gasteiger partial charge in [0, 0.05) is 16.1 Å². The van der Waals surface area contributed by atoms with Crippen LogP contribution in [-0.4, -0.2) is 11.1 Å². The molecule has 1 atom stereocenters. The maximum absolute atomic E-state index is 9.23. The van der Waals surface area contributed by atoms with Crippen molar-refractivity contribution in [3.05, 3.63) is 63.6 Å². The summed E-state index contributed by atoms with van der Waals surface area (Å²) in [5.41, 5.74) is 8.22. The van der Waals surface area contributed by atoms with Crippen LogP contribution < -0.4 is 5.73 Å². The molecule has 0 bridgehead atoms. The molecule has 0 aliphatic rings. The van der Waals surface area contributed by atoms with E-state index in [2.05, 4.69) is 0 Å². The van der Waals surface area contributed by atoms with E-state index in [1.165, 1.54) is 0 Å². The number of hydrogen-bond donors (Lipinski definition) is 2. The number of benzene rings is 2. The molecule has 0 radical (unpaired) electrons. The predicted molar refractivity (Wildman–Crippen MR) is 80.0 cm³/mol. The molecule has 2 aromatic carbocycles. The Kier molecular flexibility index (Phi) is 4.70. The Balaban J connectivity index is 2.01. The van der Waals surface area contributed by atoms with Crippen molar-refractivity contribution in [3.8, 4) is 5.75 Å². The monoisotopic (exact) mass is 295 g/mol. The lowest BCUT2D eigenvalue weighted by atomic mass is 10.00. The Labute approximate surface area is 122 Å². The van der Waals surface area contributed by atoms with Crippen molar-refractivity contribution < 1.29 is 5.11 Å². The molecule has 0 saturated carbocycles. The molecule has 3 N–H and O–H groups in total. The van der Waals surface area contributed by atoms with Crippen LogP contribution in [0.15, 0.2) is 42.5 Å². The molecule has 4 heteroatoms. The number of nitrogens with two attached hydrogens (primary N) is 1. The van der Waals surface area contributed by atoms with E-state index in [9.17, 15) is 5.11 Å². The van der Waals surface area contributed by atoms with Gasteiger partial charge in [-0.05, 0) is 48.2 Å². The minimum absolute atomic E-state index is 0.0248. The normalized spacial score (nSPS) is 12.4. The first kappa shape index (κ1) is 14.2. The molecular weight excluding hydrogens is 281 g/mol. The van der Waals surface area contributed by atoms with Gasteiger partial charge in [0.1, 0.15) is 5.75 Å². The fourth-order valence-electron chi connectivity index (χ4n) is 1.98. The van der Waals surface area contributed by atoms with Crippen LogP contribution in [0.1, 0.15) is 11.1 Å². The quantitative estimate of drug-likeness (QED) is 0.901. The van der Waals surface area contributed by atoms with Gasteiger partial charge in [0.15, 0.2) is 0 Å². The second kappa shape index (κ2) is 6.29. The highest BCUT2D eigenvalue weighted by molar-refractivity contribution is 6.35. The van der Waals surface area contributed by atoms with Gasteiger partial charge in [-0.3, -0.25) is 0 Å². The summed E-state index contributed by atoms with van der Waals surface area (Å²) in [6.07, 6.45) is 1.43. The van der Waals surface area contributed by atoms with E-state index in [1.54, 1.807) is 18.2 Å². The molecule has 0 heterocycles. The Morgan fingerprint density at radius 1 is 1.00 bits per heavy atom. The van der Waals surface area contributed by atoms with Crippen LogP contribution in [0.4, 0.5) is 0 Å². The van der Waals surface area contributed by atoms with Crippen LogP contribution in [0.5, 0.6) is 5.75 Å². The summed E-state index contributed by atoms with van der Waals surface area (Å²) >= 11 is 12.0. The molecule has 19 heavy (non-hydrogen) atoms. The van der Waals surface area contributed by atoms with E-state index in [0.717, 1.165) is 17.5 Å². The first-order valence-electron chi connectivity index (χ1n) is 6.02. The number of halogens is 2. The highest BCUT2D eigenvalue weighted by Crippen LogP contribution is 2.22. The Hall–Kier alpha value is -1.22. The van der Waals surface area contributed by atoms with Gasteiger partial charge >= 0.3 is 0 Å². The second-order valence-corrected chi connectivity index (χ2v) is 5.41. The number of aromatic hydroxyl groups is 1. The summed E-state index contributed by atoms with van der Waals surface area (Å²) in [4.78, 5) is 0. The molecule has 0 aliphatic carbocycles. The van der Waals surface area contributed by atoms with Crippen LogP contribution in [-0.2, 0) is 12.8 Å². The minimum atomic E-state index is -0.0248. The number of phenols is 1. The zero-order valence-electron chi connectivity index (χ0n) is 10.3. The van der Waals surface area contributed by atoms with Crippen LogP contribution in [0, 0.1) is 0 Å². The summed E-state index contributed by atoms with van der Waals surface area (Å²) in [5, 5.41) is 10.5. The predicted octanol–water partition coefficient (Wildman–Crippen LogP) is 3.81. The van der Waals surface area contributed by atoms with Crippen LogP contribution in [0.25, 0.3) is 0 Å². The summed E-state index contributed by atoms with van der Waals surface area (Å²) in [6, 6.07) is 12.5. The standard InChI is InChI=1S/C15H15Cl2NO/c16-12-4-3-11(15(17)9-12)8-13(18)7-10-1-5-14(19)6-2-10/h1-6,9,13,19H,7-8,18H2. The van der Waals surface area contributed by atoms with E-state index in [1.807, 2.05) is 24.3 Å². The molecule has 0 aromatic heterocycles. The van der Waals surface area contributed by atoms with Gasteiger partial charge < -0.3 is 10.8 Å². The first-order chi connectivity index (χ1) is 9.04. The molecule has 0 aliphatic heterocycles. The molecular formula is C15H15Cl2NO. The molecule has 0 spiro atoms. The van der Waals surface area contributed by atoms with Crippen molar-refractivity contribution in [3.63, 3.8) is 0 Å². The average Bonchev–Trinajstić information content (AvgIpc) is 2.36. The third-order valence-electron chi connectivity index (χ3n) is 2.93. The summed E-state index contributed by atoms with van der Waals surface area (Å²) in [6.45, 7) is 0. The molecule has 100 valence electrons. The highest BCUT2D eigenvalue weighted by atomic mass is 35.5. The van der Waals surface area contributed by atoms with Crippen molar-refractivity contribution in [2.75, 3.05) is 0 Å². The molecule has 0 amide bonds. The fraction of sp³-hybridized carbons (Fsp3) is 0.200. The fourth-order valence-corrected chi connectivity index (χ4v) is 2.46. The lowest BCUT2D eigenvalue weighted by Gasteiger charge is -2.13. The molecule has 2 aromatic rings. The van der Waals surface area contributed by atoms with E-state index in [4.69, 9.17) is 28.9 Å². The molecule has 0 saturated heterocycles. The zero-order chi connectivity index (χ0) is 13.8. The third kappa shape index (κ3) is 4.13. The van der Waals surface area contributed by atoms with Crippen LogP contribution >= 0.6 is 23.2 Å². The van der Waals surface area contributed by atoms with Gasteiger partial charge in [0.05, 0.1) is 0 Å². The highest BCUT2D eigenvalue weighted by Gasteiger charge is 2.09. The smallest absolute Gasteiger partial charge is 0.115 e. The van der Waals surface area contributed by atoms with Gasteiger partial charge in [0.25, 0.3) is 0 Å². The number of hydrogen-bond acceptors (Lipinski definition) is 2. The first-order valence-corrected chi connectivity index (χ1v) is 6.77. The van der Waals surface area contributed by atoms with Gasteiger partial charge in [-0.15, -0.1) is 0 Å². The lowest BCUT2D eigenvalue weighted by molar-refractivity contribution is 0.475. The average molecular weight is 296 g/mol. The van der Waals surface area contributed by atoms with E-state index in [-0.39, 0.29) is 11.8 Å². The van der Waals surface area contributed by atoms with Crippen molar-refractivity contribution in [1.82, 2.24) is 0 Å². The van der Waals surface area contributed by atoms with Gasteiger partial charge in [-0.1, -0.05) is 41.4 Å². The van der Waals surface area contributed by atoms with E-state index >= 15 is 0 Å².